The molecule has 4 nitrogen and oxygen atoms in total. The summed E-state index contributed by atoms with van der Waals surface area (Å²) in [5.74, 6) is 0.482. The van der Waals surface area contributed by atoms with E-state index < -0.39 is 0 Å². The number of aryl methyl sites for hydroxylation is 1. The van der Waals surface area contributed by atoms with Crippen LogP contribution in [0.5, 0.6) is 0 Å². The third kappa shape index (κ3) is 1.64. The smallest absolute Gasteiger partial charge is 0.354 e. The lowest BCUT2D eigenvalue weighted by atomic mass is 10.4. The standard InChI is InChI=1S/C13H16N2O2/c1-14-6-5-10-11(14)7-12(13(16)17-2)15(10)8-9-3-4-9/h5-7,9H,3-4,8H2,1-2H3. The number of hydrogen-bond donors (Lipinski definition) is 0. The quantitative estimate of drug-likeness (QED) is 0.760. The van der Waals surface area contributed by atoms with Crippen LogP contribution in [0.25, 0.3) is 11.0 Å². The van der Waals surface area contributed by atoms with Gasteiger partial charge in [-0.05, 0) is 30.9 Å². The number of methoxy groups -OCH3 is 1. The van der Waals surface area contributed by atoms with Crippen LogP contribution in [0.2, 0.25) is 0 Å². The van der Waals surface area contributed by atoms with Crippen LogP contribution < -0.4 is 0 Å². The molecule has 0 saturated heterocycles. The van der Waals surface area contributed by atoms with Crippen molar-refractivity contribution in [2.75, 3.05) is 7.11 Å². The second-order valence-electron chi connectivity index (χ2n) is 4.77. The van der Waals surface area contributed by atoms with E-state index >= 15 is 0 Å². The molecule has 0 N–H and O–H groups in total. The molecule has 0 atom stereocenters. The molecule has 4 heteroatoms. The minimum atomic E-state index is -0.248. The molecule has 1 fully saturated rings. The van der Waals surface area contributed by atoms with E-state index in [9.17, 15) is 4.79 Å². The Bertz CT molecular complexity index is 576. The molecule has 0 radical (unpaired) electrons. The highest BCUT2D eigenvalue weighted by atomic mass is 16.5. The number of carbonyl (C=O) groups is 1. The lowest BCUT2D eigenvalue weighted by Gasteiger charge is -2.07. The van der Waals surface area contributed by atoms with E-state index in [1.807, 2.05) is 23.9 Å². The molecule has 0 aliphatic heterocycles. The Labute approximate surface area is 99.8 Å². The van der Waals surface area contributed by atoms with Crippen molar-refractivity contribution >= 4 is 17.0 Å². The van der Waals surface area contributed by atoms with Crippen molar-refractivity contribution in [1.82, 2.24) is 9.13 Å². The first-order valence-corrected chi connectivity index (χ1v) is 5.93. The maximum atomic E-state index is 11.8. The van der Waals surface area contributed by atoms with Gasteiger partial charge in [-0.15, -0.1) is 0 Å². The van der Waals surface area contributed by atoms with Crippen LogP contribution in [-0.2, 0) is 18.3 Å². The molecule has 0 unspecified atom stereocenters. The summed E-state index contributed by atoms with van der Waals surface area (Å²) in [6.07, 6.45) is 4.56. The van der Waals surface area contributed by atoms with E-state index in [1.54, 1.807) is 0 Å². The second-order valence-corrected chi connectivity index (χ2v) is 4.77. The molecule has 17 heavy (non-hydrogen) atoms. The van der Waals surface area contributed by atoms with Gasteiger partial charge >= 0.3 is 5.97 Å². The monoisotopic (exact) mass is 232 g/mol. The van der Waals surface area contributed by atoms with Gasteiger partial charge in [0, 0.05) is 19.8 Å². The van der Waals surface area contributed by atoms with Crippen molar-refractivity contribution in [2.24, 2.45) is 13.0 Å². The minimum Gasteiger partial charge on any atom is -0.464 e. The Morgan fingerprint density at radius 3 is 2.88 bits per heavy atom. The van der Waals surface area contributed by atoms with Crippen LogP contribution in [-0.4, -0.2) is 22.2 Å². The molecule has 1 aliphatic rings. The van der Waals surface area contributed by atoms with E-state index in [1.165, 1.54) is 20.0 Å². The molecule has 90 valence electrons. The van der Waals surface area contributed by atoms with Crippen molar-refractivity contribution in [3.63, 3.8) is 0 Å². The van der Waals surface area contributed by atoms with Gasteiger partial charge in [0.1, 0.15) is 5.69 Å². The Kier molecular flexibility index (Phi) is 2.24. The average molecular weight is 232 g/mol. The number of nitrogens with zero attached hydrogens (tertiary/aromatic N) is 2. The Hall–Kier alpha value is -1.71. The third-order valence-electron chi connectivity index (χ3n) is 3.49. The van der Waals surface area contributed by atoms with Crippen molar-refractivity contribution in [3.8, 4) is 0 Å². The number of carbonyl (C=O) groups excluding carboxylic acids is 1. The first kappa shape index (κ1) is 10.4. The van der Waals surface area contributed by atoms with Gasteiger partial charge in [0.15, 0.2) is 0 Å². The normalized spacial score (nSPS) is 15.4. The number of hydrogen-bond acceptors (Lipinski definition) is 2. The number of fused-ring (bicyclic) bond motifs is 1. The van der Waals surface area contributed by atoms with Crippen molar-refractivity contribution in [1.29, 1.82) is 0 Å². The number of aromatic nitrogens is 2. The first-order chi connectivity index (χ1) is 8.20. The Morgan fingerprint density at radius 1 is 1.47 bits per heavy atom. The molecular formula is C13H16N2O2. The van der Waals surface area contributed by atoms with Crippen LogP contribution in [0.4, 0.5) is 0 Å². The highest BCUT2D eigenvalue weighted by Gasteiger charge is 2.26. The summed E-state index contributed by atoms with van der Waals surface area (Å²) in [4.78, 5) is 11.8. The Balaban J connectivity index is 2.13. The molecule has 0 bridgehead atoms. The van der Waals surface area contributed by atoms with Crippen LogP contribution >= 0.6 is 0 Å². The van der Waals surface area contributed by atoms with Crippen molar-refractivity contribution < 1.29 is 9.53 Å². The highest BCUT2D eigenvalue weighted by molar-refractivity contribution is 5.94. The third-order valence-corrected chi connectivity index (χ3v) is 3.49. The Morgan fingerprint density at radius 2 is 2.24 bits per heavy atom. The molecule has 0 amide bonds. The zero-order chi connectivity index (χ0) is 12.0. The fourth-order valence-electron chi connectivity index (χ4n) is 2.30. The van der Waals surface area contributed by atoms with E-state index in [-0.39, 0.29) is 5.97 Å². The van der Waals surface area contributed by atoms with Crippen LogP contribution in [0.15, 0.2) is 18.3 Å². The molecule has 0 aromatic carbocycles. The summed E-state index contributed by atoms with van der Waals surface area (Å²) in [5, 5.41) is 0. The maximum Gasteiger partial charge on any atom is 0.354 e. The molecule has 2 aromatic heterocycles. The topological polar surface area (TPSA) is 36.2 Å². The molecule has 0 spiro atoms. The highest BCUT2D eigenvalue weighted by Crippen LogP contribution is 2.33. The molecule has 1 saturated carbocycles. The van der Waals surface area contributed by atoms with Crippen LogP contribution in [0.1, 0.15) is 23.3 Å². The van der Waals surface area contributed by atoms with Gasteiger partial charge < -0.3 is 13.9 Å². The summed E-state index contributed by atoms with van der Waals surface area (Å²) in [6, 6.07) is 3.98. The van der Waals surface area contributed by atoms with Gasteiger partial charge in [-0.1, -0.05) is 0 Å². The zero-order valence-corrected chi connectivity index (χ0v) is 10.1. The van der Waals surface area contributed by atoms with E-state index in [0.29, 0.717) is 5.69 Å². The SMILES string of the molecule is COC(=O)c1cc2c(ccn2C)n1CC1CC1. The van der Waals surface area contributed by atoms with Gasteiger partial charge in [-0.3, -0.25) is 0 Å². The fraction of sp³-hybridized carbons (Fsp3) is 0.462. The summed E-state index contributed by atoms with van der Waals surface area (Å²) in [6.45, 7) is 0.929. The number of ether oxygens (including phenoxy) is 1. The summed E-state index contributed by atoms with van der Waals surface area (Å²) in [5.41, 5.74) is 2.88. The molecule has 2 heterocycles. The maximum absolute atomic E-state index is 11.8. The summed E-state index contributed by atoms with van der Waals surface area (Å²) >= 11 is 0. The second kappa shape index (κ2) is 3.65. The number of rotatable bonds is 3. The van der Waals surface area contributed by atoms with Gasteiger partial charge in [-0.2, -0.15) is 0 Å². The molecule has 1 aliphatic carbocycles. The average Bonchev–Trinajstić information content (AvgIpc) is 2.97. The minimum absolute atomic E-state index is 0.248. The molecule has 3 rings (SSSR count). The van der Waals surface area contributed by atoms with E-state index in [0.717, 1.165) is 23.5 Å². The predicted octanol–water partition coefficient (Wildman–Crippen LogP) is 2.18. The zero-order valence-electron chi connectivity index (χ0n) is 10.1. The van der Waals surface area contributed by atoms with Crippen molar-refractivity contribution in [2.45, 2.75) is 19.4 Å². The largest absolute Gasteiger partial charge is 0.464 e. The van der Waals surface area contributed by atoms with E-state index in [2.05, 4.69) is 10.6 Å². The van der Waals surface area contributed by atoms with Gasteiger partial charge in [0.25, 0.3) is 0 Å². The van der Waals surface area contributed by atoms with Crippen LogP contribution in [0.3, 0.4) is 0 Å². The van der Waals surface area contributed by atoms with Gasteiger partial charge in [0.05, 0.1) is 18.1 Å². The van der Waals surface area contributed by atoms with Crippen LogP contribution in [0, 0.1) is 5.92 Å². The lowest BCUT2D eigenvalue weighted by molar-refractivity contribution is 0.0588. The first-order valence-electron chi connectivity index (χ1n) is 5.93. The van der Waals surface area contributed by atoms with Gasteiger partial charge in [0.2, 0.25) is 0 Å². The van der Waals surface area contributed by atoms with Gasteiger partial charge in [-0.25, -0.2) is 4.79 Å². The lowest BCUT2D eigenvalue weighted by Crippen LogP contribution is -2.11. The predicted molar refractivity (Wildman–Crippen MR) is 65.0 cm³/mol. The number of esters is 1. The summed E-state index contributed by atoms with van der Waals surface area (Å²) < 4.78 is 8.98. The molecular weight excluding hydrogens is 216 g/mol. The van der Waals surface area contributed by atoms with Crippen molar-refractivity contribution in [3.05, 3.63) is 24.0 Å². The fourth-order valence-corrected chi connectivity index (χ4v) is 2.30. The van der Waals surface area contributed by atoms with E-state index in [4.69, 9.17) is 4.74 Å². The summed E-state index contributed by atoms with van der Waals surface area (Å²) in [7, 11) is 3.42. The molecule has 2 aromatic rings.